The van der Waals surface area contributed by atoms with E-state index in [2.05, 4.69) is 26.3 Å². The van der Waals surface area contributed by atoms with E-state index in [0.717, 1.165) is 38.7 Å². The van der Waals surface area contributed by atoms with Crippen LogP contribution in [-0.2, 0) is 0 Å². The molecule has 0 aliphatic carbocycles. The van der Waals surface area contributed by atoms with Gasteiger partial charge in [-0.05, 0) is 43.2 Å². The maximum Gasteiger partial charge on any atom is 0.140 e. The lowest BCUT2D eigenvalue weighted by Gasteiger charge is -2.16. The molecule has 0 saturated heterocycles. The fourth-order valence-corrected chi connectivity index (χ4v) is 3.98. The minimum Gasteiger partial charge on any atom is -0.393 e. The lowest BCUT2D eigenvalue weighted by Crippen LogP contribution is -2.06. The summed E-state index contributed by atoms with van der Waals surface area (Å²) < 4.78 is 0. The number of nitrogens with one attached hydrogen (secondary N) is 4. The topological polar surface area (TPSA) is 124 Å². The summed E-state index contributed by atoms with van der Waals surface area (Å²) in [6.45, 7) is 3.98. The molecule has 150 valence electrons. The second kappa shape index (κ2) is 7.50. The van der Waals surface area contributed by atoms with Crippen LogP contribution in [0.4, 0.5) is 0 Å². The molecule has 0 spiro atoms. The van der Waals surface area contributed by atoms with Crippen molar-refractivity contribution >= 4 is 33.7 Å². The Bertz CT molecular complexity index is 1350. The SMILES string of the molecule is CN/C=C(\C=N)c1c[nH]c2c(C)cc(C)c(C(O)c3nc4cc(C#N)ccc4[nH]3)c12. The van der Waals surface area contributed by atoms with Gasteiger partial charge >= 0.3 is 0 Å². The molecule has 1 atom stereocenters. The van der Waals surface area contributed by atoms with Gasteiger partial charge in [0.05, 0.1) is 22.7 Å². The Labute approximate surface area is 173 Å². The van der Waals surface area contributed by atoms with Gasteiger partial charge < -0.3 is 25.8 Å². The molecule has 0 saturated carbocycles. The number of aromatic amines is 2. The third-order valence-electron chi connectivity index (χ3n) is 5.33. The highest BCUT2D eigenvalue weighted by Crippen LogP contribution is 2.37. The first-order valence-electron chi connectivity index (χ1n) is 9.55. The van der Waals surface area contributed by atoms with Gasteiger partial charge in [-0.1, -0.05) is 6.07 Å². The molecule has 7 nitrogen and oxygen atoms in total. The molecule has 4 aromatic rings. The average molecular weight is 398 g/mol. The number of hydrogen-bond acceptors (Lipinski definition) is 5. The largest absolute Gasteiger partial charge is 0.393 e. The first-order chi connectivity index (χ1) is 14.5. The number of benzene rings is 2. The molecule has 2 aromatic carbocycles. The fraction of sp³-hybridized carbons (Fsp3) is 0.174. The average Bonchev–Trinajstić information content (AvgIpc) is 3.36. The van der Waals surface area contributed by atoms with Gasteiger partial charge in [-0.25, -0.2) is 4.98 Å². The lowest BCUT2D eigenvalue weighted by atomic mass is 9.92. The van der Waals surface area contributed by atoms with E-state index in [-0.39, 0.29) is 0 Å². The van der Waals surface area contributed by atoms with Crippen molar-refractivity contribution in [3.05, 3.63) is 70.3 Å². The van der Waals surface area contributed by atoms with Gasteiger partial charge in [-0.3, -0.25) is 0 Å². The second-order valence-corrected chi connectivity index (χ2v) is 7.28. The van der Waals surface area contributed by atoms with Crippen LogP contribution in [-0.4, -0.2) is 33.3 Å². The molecular weight excluding hydrogens is 376 g/mol. The number of aromatic nitrogens is 3. The van der Waals surface area contributed by atoms with E-state index in [0.29, 0.717) is 22.5 Å². The summed E-state index contributed by atoms with van der Waals surface area (Å²) in [4.78, 5) is 11.0. The maximum atomic E-state index is 11.4. The third kappa shape index (κ3) is 3.04. The van der Waals surface area contributed by atoms with Crippen LogP contribution < -0.4 is 5.32 Å². The molecular formula is C23H22N6O. The van der Waals surface area contributed by atoms with Crippen LogP contribution in [0.15, 0.2) is 36.7 Å². The van der Waals surface area contributed by atoms with Crippen LogP contribution in [0.5, 0.6) is 0 Å². The van der Waals surface area contributed by atoms with Gasteiger partial charge in [-0.15, -0.1) is 0 Å². The second-order valence-electron chi connectivity index (χ2n) is 7.28. The number of nitrogens with zero attached hydrogens (tertiary/aromatic N) is 2. The zero-order valence-electron chi connectivity index (χ0n) is 17.0. The Morgan fingerprint density at radius 1 is 1.30 bits per heavy atom. The Morgan fingerprint density at radius 3 is 2.80 bits per heavy atom. The fourth-order valence-electron chi connectivity index (χ4n) is 3.98. The highest BCUT2D eigenvalue weighted by atomic mass is 16.3. The minimum atomic E-state index is -0.998. The molecule has 4 rings (SSSR count). The number of hydrogen-bond donors (Lipinski definition) is 5. The molecule has 30 heavy (non-hydrogen) atoms. The van der Waals surface area contributed by atoms with Crippen molar-refractivity contribution in [2.24, 2.45) is 0 Å². The Kier molecular flexibility index (Phi) is 4.86. The van der Waals surface area contributed by atoms with E-state index in [9.17, 15) is 5.11 Å². The molecule has 7 heteroatoms. The molecule has 0 amide bonds. The van der Waals surface area contributed by atoms with Gasteiger partial charge in [-0.2, -0.15) is 5.26 Å². The van der Waals surface area contributed by atoms with Crippen molar-refractivity contribution in [1.29, 1.82) is 10.7 Å². The van der Waals surface area contributed by atoms with Crippen molar-refractivity contribution in [2.75, 3.05) is 7.05 Å². The molecule has 1 unspecified atom stereocenters. The predicted octanol–water partition coefficient (Wildman–Crippen LogP) is 3.82. The quantitative estimate of drug-likeness (QED) is 0.328. The predicted molar refractivity (Wildman–Crippen MR) is 118 cm³/mol. The summed E-state index contributed by atoms with van der Waals surface area (Å²) >= 11 is 0. The van der Waals surface area contributed by atoms with Crippen molar-refractivity contribution in [1.82, 2.24) is 20.3 Å². The first kappa shape index (κ1) is 19.4. The number of aliphatic hydroxyl groups is 1. The van der Waals surface area contributed by atoms with E-state index in [1.807, 2.05) is 26.1 Å². The Balaban J connectivity index is 1.96. The van der Waals surface area contributed by atoms with Crippen LogP contribution in [0.3, 0.4) is 0 Å². The molecule has 5 N–H and O–H groups in total. The first-order valence-corrected chi connectivity index (χ1v) is 9.55. The van der Waals surface area contributed by atoms with Crippen LogP contribution in [0, 0.1) is 30.6 Å². The van der Waals surface area contributed by atoms with Crippen LogP contribution in [0.2, 0.25) is 0 Å². The van der Waals surface area contributed by atoms with Crippen molar-refractivity contribution < 1.29 is 5.11 Å². The molecule has 0 aliphatic rings. The Hall–Kier alpha value is -3.89. The summed E-state index contributed by atoms with van der Waals surface area (Å²) in [5.41, 5.74) is 7.07. The Morgan fingerprint density at radius 2 is 2.10 bits per heavy atom. The zero-order chi connectivity index (χ0) is 21.4. The maximum absolute atomic E-state index is 11.4. The molecule has 2 heterocycles. The van der Waals surface area contributed by atoms with Gasteiger partial charge in [0.1, 0.15) is 11.9 Å². The summed E-state index contributed by atoms with van der Waals surface area (Å²) in [5, 5.41) is 32.1. The van der Waals surface area contributed by atoms with Crippen molar-refractivity contribution in [2.45, 2.75) is 20.0 Å². The van der Waals surface area contributed by atoms with E-state index in [1.165, 1.54) is 6.21 Å². The summed E-state index contributed by atoms with van der Waals surface area (Å²) in [6.07, 6.45) is 3.91. The summed E-state index contributed by atoms with van der Waals surface area (Å²) in [7, 11) is 1.79. The zero-order valence-corrected chi connectivity index (χ0v) is 17.0. The monoisotopic (exact) mass is 398 g/mol. The highest BCUT2D eigenvalue weighted by molar-refractivity contribution is 6.14. The number of fused-ring (bicyclic) bond motifs is 2. The van der Waals surface area contributed by atoms with Crippen molar-refractivity contribution in [3.8, 4) is 6.07 Å². The highest BCUT2D eigenvalue weighted by Gasteiger charge is 2.24. The van der Waals surface area contributed by atoms with E-state index < -0.39 is 6.10 Å². The number of imidazole rings is 1. The number of allylic oxidation sites excluding steroid dienone is 1. The third-order valence-corrected chi connectivity index (χ3v) is 5.33. The molecule has 0 radical (unpaired) electrons. The van der Waals surface area contributed by atoms with Gasteiger partial charge in [0.15, 0.2) is 0 Å². The molecule has 0 aliphatic heterocycles. The summed E-state index contributed by atoms with van der Waals surface area (Å²) in [5.74, 6) is 0.412. The molecule has 0 fully saturated rings. The van der Waals surface area contributed by atoms with Crippen LogP contribution >= 0.6 is 0 Å². The standard InChI is InChI=1S/C23H22N6O/c1-12-6-13(2)21-20(16(11-27-21)15(9-25)10-26-3)19(12)22(30)23-28-17-5-4-14(8-24)7-18(17)29-23/h4-7,9-11,22,25-27,30H,1-3H3,(H,28,29)/b15-10+,25-9?. The van der Waals surface area contributed by atoms with Gasteiger partial charge in [0.2, 0.25) is 0 Å². The van der Waals surface area contributed by atoms with E-state index in [1.54, 1.807) is 31.4 Å². The molecule has 0 bridgehead atoms. The van der Waals surface area contributed by atoms with E-state index >= 15 is 0 Å². The number of aliphatic hydroxyl groups excluding tert-OH is 1. The molecule has 2 aromatic heterocycles. The number of H-pyrrole nitrogens is 2. The van der Waals surface area contributed by atoms with Crippen LogP contribution in [0.1, 0.15) is 39.7 Å². The van der Waals surface area contributed by atoms with Gasteiger partial charge in [0.25, 0.3) is 0 Å². The van der Waals surface area contributed by atoms with Crippen molar-refractivity contribution in [3.63, 3.8) is 0 Å². The normalized spacial score (nSPS) is 12.8. The number of rotatable bonds is 5. The van der Waals surface area contributed by atoms with E-state index in [4.69, 9.17) is 10.7 Å². The minimum absolute atomic E-state index is 0.412. The number of nitriles is 1. The number of aryl methyl sites for hydroxylation is 2. The smallest absolute Gasteiger partial charge is 0.140 e. The van der Waals surface area contributed by atoms with Gasteiger partial charge in [0, 0.05) is 53.3 Å². The van der Waals surface area contributed by atoms with Crippen LogP contribution in [0.25, 0.3) is 27.5 Å². The summed E-state index contributed by atoms with van der Waals surface area (Å²) in [6, 6.07) is 9.35. The lowest BCUT2D eigenvalue weighted by molar-refractivity contribution is 0.212.